The second-order valence-corrected chi connectivity index (χ2v) is 5.35. The molecule has 5 heteroatoms. The molecule has 0 aliphatic carbocycles. The Labute approximate surface area is 103 Å². The molecule has 2 unspecified atom stereocenters. The van der Waals surface area contributed by atoms with Gasteiger partial charge in [-0.1, -0.05) is 0 Å². The third-order valence-electron chi connectivity index (χ3n) is 2.58. The molecule has 100 valence electrons. The number of amides is 1. The summed E-state index contributed by atoms with van der Waals surface area (Å²) in [7, 11) is 0. The molecule has 2 atom stereocenters. The fourth-order valence-corrected chi connectivity index (χ4v) is 1.74. The summed E-state index contributed by atoms with van der Waals surface area (Å²) in [4.78, 5) is 11.3. The van der Waals surface area contributed by atoms with Crippen molar-refractivity contribution < 1.29 is 14.3 Å². The van der Waals surface area contributed by atoms with Gasteiger partial charge in [0.2, 0.25) is 0 Å². The summed E-state index contributed by atoms with van der Waals surface area (Å²) in [6.45, 7) is 9.73. The number of alkyl carbamates (subject to hydrolysis) is 1. The summed E-state index contributed by atoms with van der Waals surface area (Å²) in [6, 6.07) is 0.399. The van der Waals surface area contributed by atoms with E-state index in [4.69, 9.17) is 9.47 Å². The van der Waals surface area contributed by atoms with Crippen molar-refractivity contribution in [1.29, 1.82) is 0 Å². The van der Waals surface area contributed by atoms with Gasteiger partial charge in [-0.2, -0.15) is 0 Å². The first kappa shape index (κ1) is 14.3. The first-order valence-corrected chi connectivity index (χ1v) is 6.20. The Morgan fingerprint density at radius 3 is 2.65 bits per heavy atom. The third kappa shape index (κ3) is 5.89. The molecule has 0 aromatic heterocycles. The largest absolute Gasteiger partial charge is 0.444 e. The molecule has 1 aliphatic heterocycles. The van der Waals surface area contributed by atoms with Crippen molar-refractivity contribution in [1.82, 2.24) is 10.6 Å². The van der Waals surface area contributed by atoms with Crippen LogP contribution in [-0.2, 0) is 9.47 Å². The van der Waals surface area contributed by atoms with Crippen molar-refractivity contribution in [3.05, 3.63) is 0 Å². The van der Waals surface area contributed by atoms with Crippen LogP contribution in [-0.4, -0.2) is 43.5 Å². The lowest BCUT2D eigenvalue weighted by Crippen LogP contribution is -2.41. The minimum Gasteiger partial charge on any atom is -0.444 e. The first-order valence-electron chi connectivity index (χ1n) is 6.20. The van der Waals surface area contributed by atoms with Crippen LogP contribution in [0.1, 0.15) is 34.1 Å². The normalized spacial score (nSPS) is 24.7. The Balaban J connectivity index is 2.06. The minimum atomic E-state index is -0.439. The molecule has 17 heavy (non-hydrogen) atoms. The molecular weight excluding hydrogens is 220 g/mol. The summed E-state index contributed by atoms with van der Waals surface area (Å²) in [5.74, 6) is 0. The van der Waals surface area contributed by atoms with Crippen LogP contribution in [0, 0.1) is 0 Å². The molecule has 1 saturated heterocycles. The van der Waals surface area contributed by atoms with E-state index in [1.807, 2.05) is 20.8 Å². The van der Waals surface area contributed by atoms with Crippen LogP contribution in [0.25, 0.3) is 0 Å². The van der Waals surface area contributed by atoms with Gasteiger partial charge in [0.05, 0.1) is 6.10 Å². The van der Waals surface area contributed by atoms with E-state index in [9.17, 15) is 4.79 Å². The van der Waals surface area contributed by atoms with Crippen molar-refractivity contribution in [2.24, 2.45) is 0 Å². The Morgan fingerprint density at radius 1 is 1.41 bits per heavy atom. The second-order valence-electron chi connectivity index (χ2n) is 5.35. The maximum atomic E-state index is 11.3. The minimum absolute atomic E-state index is 0.261. The monoisotopic (exact) mass is 244 g/mol. The fourth-order valence-electron chi connectivity index (χ4n) is 1.74. The molecule has 0 aromatic rings. The molecule has 1 aliphatic rings. The number of carbonyl (C=O) groups is 1. The molecular formula is C12H24N2O3. The van der Waals surface area contributed by atoms with Gasteiger partial charge in [-0.15, -0.1) is 0 Å². The average Bonchev–Trinajstić information content (AvgIpc) is 2.56. The Kier molecular flexibility index (Phi) is 5.21. The van der Waals surface area contributed by atoms with Crippen LogP contribution in [0.4, 0.5) is 4.79 Å². The lowest BCUT2D eigenvalue weighted by atomic mass is 10.1. The quantitative estimate of drug-likeness (QED) is 0.731. The summed E-state index contributed by atoms with van der Waals surface area (Å²) in [5.41, 5.74) is -0.439. The molecule has 2 N–H and O–H groups in total. The second kappa shape index (κ2) is 6.21. The van der Waals surface area contributed by atoms with Crippen LogP contribution in [0.15, 0.2) is 0 Å². The number of rotatable bonds is 4. The zero-order valence-electron chi connectivity index (χ0n) is 11.2. The summed E-state index contributed by atoms with van der Waals surface area (Å²) in [5, 5.41) is 6.07. The summed E-state index contributed by atoms with van der Waals surface area (Å²) >= 11 is 0. The van der Waals surface area contributed by atoms with Crippen LogP contribution in [0.5, 0.6) is 0 Å². The van der Waals surface area contributed by atoms with Crippen LogP contribution in [0.3, 0.4) is 0 Å². The van der Waals surface area contributed by atoms with Crippen molar-refractivity contribution in [2.75, 3.05) is 19.7 Å². The summed E-state index contributed by atoms with van der Waals surface area (Å²) in [6.07, 6.45) is 0.930. The van der Waals surface area contributed by atoms with Crippen LogP contribution < -0.4 is 10.6 Å². The van der Waals surface area contributed by atoms with Gasteiger partial charge in [-0.25, -0.2) is 4.79 Å². The molecule has 0 spiro atoms. The molecule has 0 radical (unpaired) electrons. The van der Waals surface area contributed by atoms with E-state index in [2.05, 4.69) is 17.6 Å². The van der Waals surface area contributed by atoms with Gasteiger partial charge >= 0.3 is 6.09 Å². The standard InChI is InChI=1S/C12H24N2O3/c1-9-10(5-8-16-9)13-6-7-14-11(15)17-12(2,3)4/h9-10,13H,5-8H2,1-4H3,(H,14,15). The molecule has 1 rings (SSSR count). The highest BCUT2D eigenvalue weighted by Gasteiger charge is 2.23. The van der Waals surface area contributed by atoms with E-state index in [1.54, 1.807) is 0 Å². The number of ether oxygens (including phenoxy) is 2. The van der Waals surface area contributed by atoms with E-state index < -0.39 is 5.60 Å². The first-order chi connectivity index (χ1) is 7.88. The van der Waals surface area contributed by atoms with Gasteiger partial charge in [0.25, 0.3) is 0 Å². The summed E-state index contributed by atoms with van der Waals surface area (Å²) < 4.78 is 10.6. The Hall–Kier alpha value is -0.810. The maximum absolute atomic E-state index is 11.3. The van der Waals surface area contributed by atoms with Gasteiger partial charge in [-0.05, 0) is 34.1 Å². The van der Waals surface area contributed by atoms with Gasteiger partial charge < -0.3 is 20.1 Å². The average molecular weight is 244 g/mol. The lowest BCUT2D eigenvalue weighted by molar-refractivity contribution is 0.0527. The fraction of sp³-hybridized carbons (Fsp3) is 0.917. The zero-order valence-corrected chi connectivity index (χ0v) is 11.2. The van der Waals surface area contributed by atoms with Crippen molar-refractivity contribution in [3.63, 3.8) is 0 Å². The van der Waals surface area contributed by atoms with Crippen molar-refractivity contribution >= 4 is 6.09 Å². The highest BCUT2D eigenvalue weighted by atomic mass is 16.6. The number of hydrogen-bond acceptors (Lipinski definition) is 4. The van der Waals surface area contributed by atoms with Gasteiger partial charge in [-0.3, -0.25) is 0 Å². The number of hydrogen-bond donors (Lipinski definition) is 2. The Morgan fingerprint density at radius 2 is 2.12 bits per heavy atom. The SMILES string of the molecule is CC1OCCC1NCCNC(=O)OC(C)(C)C. The van der Waals surface area contributed by atoms with E-state index in [1.165, 1.54) is 0 Å². The van der Waals surface area contributed by atoms with Crippen LogP contribution >= 0.6 is 0 Å². The number of carbonyl (C=O) groups excluding carboxylic acids is 1. The number of nitrogens with one attached hydrogen (secondary N) is 2. The van der Waals surface area contributed by atoms with E-state index >= 15 is 0 Å². The maximum Gasteiger partial charge on any atom is 0.407 e. The molecule has 5 nitrogen and oxygen atoms in total. The lowest BCUT2D eigenvalue weighted by Gasteiger charge is -2.20. The Bertz CT molecular complexity index is 251. The molecule has 1 fully saturated rings. The molecule has 1 amide bonds. The van der Waals surface area contributed by atoms with Crippen molar-refractivity contribution in [3.8, 4) is 0 Å². The zero-order chi connectivity index (χ0) is 12.9. The van der Waals surface area contributed by atoms with Gasteiger partial charge in [0.1, 0.15) is 5.60 Å². The van der Waals surface area contributed by atoms with Gasteiger partial charge in [0, 0.05) is 25.7 Å². The van der Waals surface area contributed by atoms with E-state index in [0.717, 1.165) is 19.6 Å². The highest BCUT2D eigenvalue weighted by Crippen LogP contribution is 2.11. The van der Waals surface area contributed by atoms with E-state index in [0.29, 0.717) is 12.6 Å². The van der Waals surface area contributed by atoms with Gasteiger partial charge in [0.15, 0.2) is 0 Å². The molecule has 0 bridgehead atoms. The smallest absolute Gasteiger partial charge is 0.407 e. The topological polar surface area (TPSA) is 59.6 Å². The highest BCUT2D eigenvalue weighted by molar-refractivity contribution is 5.67. The third-order valence-corrected chi connectivity index (χ3v) is 2.58. The predicted octanol–water partition coefficient (Wildman–Crippen LogP) is 1.28. The van der Waals surface area contributed by atoms with Crippen LogP contribution in [0.2, 0.25) is 0 Å². The molecule has 1 heterocycles. The van der Waals surface area contributed by atoms with Crippen molar-refractivity contribution in [2.45, 2.75) is 51.9 Å². The molecule has 0 aromatic carbocycles. The predicted molar refractivity (Wildman–Crippen MR) is 66.1 cm³/mol. The molecule has 0 saturated carbocycles. The van der Waals surface area contributed by atoms with E-state index in [-0.39, 0.29) is 12.2 Å².